The van der Waals surface area contributed by atoms with E-state index in [1.807, 2.05) is 0 Å². The third kappa shape index (κ3) is 6.02. The van der Waals surface area contributed by atoms with Gasteiger partial charge in [0.2, 0.25) is 5.91 Å². The van der Waals surface area contributed by atoms with Crippen LogP contribution >= 0.6 is 0 Å². The number of benzene rings is 1. The second kappa shape index (κ2) is 9.99. The molecular formula is C20H28N2O3. The van der Waals surface area contributed by atoms with Gasteiger partial charge in [0.1, 0.15) is 0 Å². The topological polar surface area (TPSA) is 78.4 Å². The summed E-state index contributed by atoms with van der Waals surface area (Å²) >= 11 is 0. The number of aliphatic hydroxyl groups excluding tert-OH is 1. The highest BCUT2D eigenvalue weighted by atomic mass is 16.3. The first kappa shape index (κ1) is 19.2. The van der Waals surface area contributed by atoms with Crippen molar-refractivity contribution < 1.29 is 14.7 Å². The van der Waals surface area contributed by atoms with E-state index < -0.39 is 0 Å². The normalized spacial score (nSPS) is 16.6. The molecule has 1 fully saturated rings. The van der Waals surface area contributed by atoms with Crippen molar-refractivity contribution in [2.45, 2.75) is 44.6 Å². The molecule has 1 atom stereocenters. The molecule has 0 bridgehead atoms. The van der Waals surface area contributed by atoms with Crippen LogP contribution in [-0.4, -0.2) is 36.6 Å². The summed E-state index contributed by atoms with van der Waals surface area (Å²) in [7, 11) is 1.59. The molecule has 0 aromatic heterocycles. The van der Waals surface area contributed by atoms with E-state index in [-0.39, 0.29) is 24.5 Å². The number of rotatable bonds is 7. The lowest BCUT2D eigenvalue weighted by atomic mass is 9.82. The number of aliphatic hydroxyl groups is 1. The van der Waals surface area contributed by atoms with Gasteiger partial charge in [-0.3, -0.25) is 9.59 Å². The third-order valence-corrected chi connectivity index (χ3v) is 4.81. The van der Waals surface area contributed by atoms with Crippen LogP contribution in [0.15, 0.2) is 30.3 Å². The molecule has 136 valence electrons. The quantitative estimate of drug-likeness (QED) is 0.665. The predicted molar refractivity (Wildman–Crippen MR) is 99.1 cm³/mol. The molecule has 1 aliphatic carbocycles. The number of nitrogens with one attached hydrogen (secondary N) is 2. The van der Waals surface area contributed by atoms with Crippen molar-refractivity contribution in [1.29, 1.82) is 0 Å². The van der Waals surface area contributed by atoms with Crippen LogP contribution in [0.3, 0.4) is 0 Å². The summed E-state index contributed by atoms with van der Waals surface area (Å²) in [5, 5.41) is 14.9. The van der Waals surface area contributed by atoms with Crippen molar-refractivity contribution in [1.82, 2.24) is 10.6 Å². The zero-order valence-electron chi connectivity index (χ0n) is 14.8. The minimum atomic E-state index is -0.139. The van der Waals surface area contributed by atoms with Crippen LogP contribution in [0.2, 0.25) is 0 Å². The van der Waals surface area contributed by atoms with E-state index in [1.54, 1.807) is 37.4 Å². The van der Waals surface area contributed by atoms with Gasteiger partial charge in [-0.25, -0.2) is 0 Å². The van der Waals surface area contributed by atoms with E-state index in [0.717, 1.165) is 18.4 Å². The number of carbonyl (C=O) groups excluding carboxylic acids is 2. The second-order valence-corrected chi connectivity index (χ2v) is 6.56. The van der Waals surface area contributed by atoms with Gasteiger partial charge in [0.15, 0.2) is 0 Å². The Labute approximate surface area is 149 Å². The van der Waals surface area contributed by atoms with Gasteiger partial charge in [0.25, 0.3) is 5.91 Å². The van der Waals surface area contributed by atoms with Gasteiger partial charge in [-0.05, 0) is 49.0 Å². The average molecular weight is 344 g/mol. The highest BCUT2D eigenvalue weighted by molar-refractivity contribution is 5.94. The van der Waals surface area contributed by atoms with Crippen molar-refractivity contribution in [3.8, 4) is 0 Å². The van der Waals surface area contributed by atoms with Gasteiger partial charge in [-0.1, -0.05) is 31.4 Å². The van der Waals surface area contributed by atoms with Crippen molar-refractivity contribution in [3.05, 3.63) is 41.5 Å². The van der Waals surface area contributed by atoms with Crippen LogP contribution in [0.1, 0.15) is 54.4 Å². The number of amides is 2. The molecule has 5 nitrogen and oxygen atoms in total. The summed E-state index contributed by atoms with van der Waals surface area (Å²) in [4.78, 5) is 23.7. The average Bonchev–Trinajstić information content (AvgIpc) is 2.66. The molecule has 5 heteroatoms. The molecule has 0 heterocycles. The Morgan fingerprint density at radius 1 is 1.20 bits per heavy atom. The SMILES string of the molecule is CNC(=O)c1ccc(/C=C/C(=O)NC(CCO)C2CCCCC2)cc1. The first-order valence-electron chi connectivity index (χ1n) is 9.05. The van der Waals surface area contributed by atoms with Gasteiger partial charge in [-0.15, -0.1) is 0 Å². The summed E-state index contributed by atoms with van der Waals surface area (Å²) in [6.45, 7) is 0.0894. The molecule has 0 saturated heterocycles. The Balaban J connectivity index is 1.92. The molecule has 2 amide bonds. The monoisotopic (exact) mass is 344 g/mol. The Morgan fingerprint density at radius 3 is 2.48 bits per heavy atom. The Hall–Kier alpha value is -2.14. The lowest BCUT2D eigenvalue weighted by molar-refractivity contribution is -0.117. The van der Waals surface area contributed by atoms with Crippen LogP contribution in [0, 0.1) is 5.92 Å². The zero-order chi connectivity index (χ0) is 18.1. The predicted octanol–water partition coefficient (Wildman–Crippen LogP) is 2.51. The number of hydrogen-bond acceptors (Lipinski definition) is 3. The lowest BCUT2D eigenvalue weighted by Crippen LogP contribution is -2.41. The van der Waals surface area contributed by atoms with Crippen LogP contribution in [0.4, 0.5) is 0 Å². The number of hydrogen-bond donors (Lipinski definition) is 3. The molecule has 1 saturated carbocycles. The van der Waals surface area contributed by atoms with Crippen molar-refractivity contribution in [2.24, 2.45) is 5.92 Å². The smallest absolute Gasteiger partial charge is 0.251 e. The summed E-state index contributed by atoms with van der Waals surface area (Å²) in [6.07, 6.45) is 9.77. The molecule has 25 heavy (non-hydrogen) atoms. The fourth-order valence-corrected chi connectivity index (χ4v) is 3.39. The first-order chi connectivity index (χ1) is 12.1. The summed E-state index contributed by atoms with van der Waals surface area (Å²) in [6, 6.07) is 7.11. The van der Waals surface area contributed by atoms with Gasteiger partial charge in [-0.2, -0.15) is 0 Å². The maximum Gasteiger partial charge on any atom is 0.251 e. The summed E-state index contributed by atoms with van der Waals surface area (Å²) < 4.78 is 0. The van der Waals surface area contributed by atoms with E-state index in [1.165, 1.54) is 25.3 Å². The molecule has 1 aromatic rings. The van der Waals surface area contributed by atoms with Crippen molar-refractivity contribution in [3.63, 3.8) is 0 Å². The Bertz CT molecular complexity index is 589. The minimum Gasteiger partial charge on any atom is -0.396 e. The maximum absolute atomic E-state index is 12.2. The van der Waals surface area contributed by atoms with E-state index in [9.17, 15) is 14.7 Å². The largest absolute Gasteiger partial charge is 0.396 e. The van der Waals surface area contributed by atoms with Crippen molar-refractivity contribution >= 4 is 17.9 Å². The number of carbonyl (C=O) groups is 2. The zero-order valence-corrected chi connectivity index (χ0v) is 14.8. The molecule has 0 aliphatic heterocycles. The van der Waals surface area contributed by atoms with Crippen molar-refractivity contribution in [2.75, 3.05) is 13.7 Å². The van der Waals surface area contributed by atoms with Gasteiger partial charge in [0.05, 0.1) is 0 Å². The summed E-state index contributed by atoms with van der Waals surface area (Å²) in [5.41, 5.74) is 1.45. The Kier molecular flexibility index (Phi) is 7.67. The fraction of sp³-hybridized carbons (Fsp3) is 0.500. The van der Waals surface area contributed by atoms with Crippen LogP contribution in [-0.2, 0) is 4.79 Å². The van der Waals surface area contributed by atoms with E-state index in [4.69, 9.17) is 0 Å². The minimum absolute atomic E-state index is 0.0399. The molecular weight excluding hydrogens is 316 g/mol. The fourth-order valence-electron chi connectivity index (χ4n) is 3.39. The van der Waals surface area contributed by atoms with Gasteiger partial charge < -0.3 is 15.7 Å². The standard InChI is InChI=1S/C20H28N2O3/c1-21-20(25)17-10-7-15(8-11-17)9-12-19(24)22-18(13-14-23)16-5-3-2-4-6-16/h7-12,16,18,23H,2-6,13-14H2,1H3,(H,21,25)(H,22,24)/b12-9+. The van der Waals surface area contributed by atoms with Crippen LogP contribution in [0.25, 0.3) is 6.08 Å². The third-order valence-electron chi connectivity index (χ3n) is 4.81. The highest BCUT2D eigenvalue weighted by Gasteiger charge is 2.24. The molecule has 1 unspecified atom stereocenters. The van der Waals surface area contributed by atoms with E-state index in [0.29, 0.717) is 17.9 Å². The van der Waals surface area contributed by atoms with Crippen LogP contribution in [0.5, 0.6) is 0 Å². The molecule has 0 spiro atoms. The molecule has 1 aromatic carbocycles. The van der Waals surface area contributed by atoms with Gasteiger partial charge in [0, 0.05) is 31.3 Å². The van der Waals surface area contributed by atoms with E-state index >= 15 is 0 Å². The first-order valence-corrected chi connectivity index (χ1v) is 9.05. The highest BCUT2D eigenvalue weighted by Crippen LogP contribution is 2.27. The second-order valence-electron chi connectivity index (χ2n) is 6.56. The lowest BCUT2D eigenvalue weighted by Gasteiger charge is -2.30. The molecule has 0 radical (unpaired) electrons. The molecule has 2 rings (SSSR count). The van der Waals surface area contributed by atoms with Crippen LogP contribution < -0.4 is 10.6 Å². The molecule has 3 N–H and O–H groups in total. The van der Waals surface area contributed by atoms with Gasteiger partial charge >= 0.3 is 0 Å². The van der Waals surface area contributed by atoms with E-state index in [2.05, 4.69) is 10.6 Å². The summed E-state index contributed by atoms with van der Waals surface area (Å²) in [5.74, 6) is 0.192. The Morgan fingerprint density at radius 2 is 1.88 bits per heavy atom. The maximum atomic E-state index is 12.2. The molecule has 1 aliphatic rings.